The molecule has 2 unspecified atom stereocenters. The highest BCUT2D eigenvalue weighted by Crippen LogP contribution is 2.41. The summed E-state index contributed by atoms with van der Waals surface area (Å²) in [7, 11) is 0. The summed E-state index contributed by atoms with van der Waals surface area (Å²) < 4.78 is 1.13. The standard InChI is InChI=1S/C15H20BrNO/c16-13-9-11(10-18)6-7-15(13)17-8-2-4-12-3-1-5-14(12)17/h6-7,9,12,14,18H,1-5,8,10H2. The van der Waals surface area contributed by atoms with Crippen LogP contribution in [0.1, 0.15) is 37.7 Å². The molecule has 2 fully saturated rings. The fourth-order valence-corrected chi connectivity index (χ4v) is 4.29. The number of anilines is 1. The number of hydrogen-bond acceptors (Lipinski definition) is 2. The van der Waals surface area contributed by atoms with Gasteiger partial charge < -0.3 is 10.0 Å². The lowest BCUT2D eigenvalue weighted by Gasteiger charge is -2.40. The fraction of sp³-hybridized carbons (Fsp3) is 0.600. The number of rotatable bonds is 2. The lowest BCUT2D eigenvalue weighted by Crippen LogP contribution is -2.42. The zero-order valence-electron chi connectivity index (χ0n) is 10.6. The van der Waals surface area contributed by atoms with Gasteiger partial charge in [-0.25, -0.2) is 0 Å². The minimum atomic E-state index is 0.116. The highest BCUT2D eigenvalue weighted by molar-refractivity contribution is 9.10. The maximum absolute atomic E-state index is 9.18. The molecule has 3 rings (SSSR count). The van der Waals surface area contributed by atoms with Crippen LogP contribution in [0.5, 0.6) is 0 Å². The summed E-state index contributed by atoms with van der Waals surface area (Å²) in [4.78, 5) is 2.59. The number of benzene rings is 1. The molecule has 0 bridgehead atoms. The summed E-state index contributed by atoms with van der Waals surface area (Å²) in [6, 6.07) is 7.00. The van der Waals surface area contributed by atoms with Crippen molar-refractivity contribution in [1.82, 2.24) is 0 Å². The van der Waals surface area contributed by atoms with Crippen molar-refractivity contribution in [3.63, 3.8) is 0 Å². The Hall–Kier alpha value is -0.540. The molecule has 1 saturated carbocycles. The van der Waals surface area contributed by atoms with Gasteiger partial charge in [0.05, 0.1) is 12.3 Å². The largest absolute Gasteiger partial charge is 0.392 e. The first-order valence-electron chi connectivity index (χ1n) is 6.95. The summed E-state index contributed by atoms with van der Waals surface area (Å²) in [5, 5.41) is 9.18. The third-order valence-corrected chi connectivity index (χ3v) is 5.13. The van der Waals surface area contributed by atoms with E-state index in [-0.39, 0.29) is 6.61 Å². The molecule has 1 aromatic rings. The van der Waals surface area contributed by atoms with Gasteiger partial charge in [-0.1, -0.05) is 12.5 Å². The van der Waals surface area contributed by atoms with Gasteiger partial charge >= 0.3 is 0 Å². The van der Waals surface area contributed by atoms with Gasteiger partial charge in [-0.2, -0.15) is 0 Å². The molecule has 2 aliphatic rings. The summed E-state index contributed by atoms with van der Waals surface area (Å²) in [5.41, 5.74) is 2.29. The van der Waals surface area contributed by atoms with E-state index < -0.39 is 0 Å². The molecule has 1 aromatic carbocycles. The average Bonchev–Trinajstić information content (AvgIpc) is 2.87. The number of piperidine rings is 1. The van der Waals surface area contributed by atoms with Crippen molar-refractivity contribution in [1.29, 1.82) is 0 Å². The quantitative estimate of drug-likeness (QED) is 0.900. The van der Waals surface area contributed by atoms with E-state index in [2.05, 4.69) is 26.9 Å². The van der Waals surface area contributed by atoms with Crippen molar-refractivity contribution in [3.8, 4) is 0 Å². The van der Waals surface area contributed by atoms with Crippen LogP contribution >= 0.6 is 15.9 Å². The zero-order chi connectivity index (χ0) is 12.5. The van der Waals surface area contributed by atoms with Crippen LogP contribution in [0.15, 0.2) is 22.7 Å². The summed E-state index contributed by atoms with van der Waals surface area (Å²) >= 11 is 3.67. The number of halogens is 1. The van der Waals surface area contributed by atoms with E-state index in [9.17, 15) is 5.11 Å². The van der Waals surface area contributed by atoms with Gasteiger partial charge in [0.15, 0.2) is 0 Å². The van der Waals surface area contributed by atoms with Crippen molar-refractivity contribution in [3.05, 3.63) is 28.2 Å². The molecule has 98 valence electrons. The van der Waals surface area contributed by atoms with Crippen molar-refractivity contribution in [2.45, 2.75) is 44.8 Å². The minimum Gasteiger partial charge on any atom is -0.392 e. The smallest absolute Gasteiger partial charge is 0.0682 e. The first kappa shape index (κ1) is 12.5. The second kappa shape index (κ2) is 5.22. The van der Waals surface area contributed by atoms with Crippen LogP contribution in [0.2, 0.25) is 0 Å². The Labute approximate surface area is 117 Å². The first-order chi connectivity index (χ1) is 8.79. The number of aliphatic hydroxyl groups excluding tert-OH is 1. The Kier molecular flexibility index (Phi) is 3.62. The number of aliphatic hydroxyl groups is 1. The molecule has 1 aliphatic carbocycles. The molecule has 1 N–H and O–H groups in total. The molecule has 0 aromatic heterocycles. The van der Waals surface area contributed by atoms with E-state index in [1.54, 1.807) is 0 Å². The summed E-state index contributed by atoms with van der Waals surface area (Å²) in [6.45, 7) is 1.29. The molecule has 3 heteroatoms. The van der Waals surface area contributed by atoms with Crippen LogP contribution in [-0.2, 0) is 6.61 Å². The zero-order valence-corrected chi connectivity index (χ0v) is 12.2. The Bertz CT molecular complexity index is 435. The van der Waals surface area contributed by atoms with Crippen LogP contribution in [-0.4, -0.2) is 17.7 Å². The third kappa shape index (κ3) is 2.19. The van der Waals surface area contributed by atoms with Gasteiger partial charge in [0.25, 0.3) is 0 Å². The van der Waals surface area contributed by atoms with E-state index in [1.807, 2.05) is 12.1 Å². The Morgan fingerprint density at radius 3 is 2.83 bits per heavy atom. The van der Waals surface area contributed by atoms with Crippen molar-refractivity contribution < 1.29 is 5.11 Å². The molecule has 0 radical (unpaired) electrons. The van der Waals surface area contributed by atoms with Crippen molar-refractivity contribution in [2.24, 2.45) is 5.92 Å². The van der Waals surface area contributed by atoms with E-state index in [4.69, 9.17) is 0 Å². The first-order valence-corrected chi connectivity index (χ1v) is 7.75. The predicted octanol–water partition coefficient (Wildman–Crippen LogP) is 3.71. The Balaban J connectivity index is 1.89. The van der Waals surface area contributed by atoms with Crippen LogP contribution in [0.4, 0.5) is 5.69 Å². The highest BCUT2D eigenvalue weighted by atomic mass is 79.9. The normalized spacial score (nSPS) is 27.3. The minimum absolute atomic E-state index is 0.116. The lowest BCUT2D eigenvalue weighted by atomic mass is 9.91. The number of fused-ring (bicyclic) bond motifs is 1. The third-order valence-electron chi connectivity index (χ3n) is 4.50. The van der Waals surface area contributed by atoms with Crippen LogP contribution < -0.4 is 4.90 Å². The maximum atomic E-state index is 9.18. The SMILES string of the molecule is OCc1ccc(N2CCCC3CCCC32)c(Br)c1. The molecule has 0 amide bonds. The summed E-state index contributed by atoms with van der Waals surface area (Å²) in [5.74, 6) is 0.906. The van der Waals surface area contributed by atoms with Crippen LogP contribution in [0.3, 0.4) is 0 Å². The lowest BCUT2D eigenvalue weighted by molar-refractivity contribution is 0.281. The average molecular weight is 310 g/mol. The van der Waals surface area contributed by atoms with Gasteiger partial charge in [0.2, 0.25) is 0 Å². The summed E-state index contributed by atoms with van der Waals surface area (Å²) in [6.07, 6.45) is 6.87. The number of nitrogens with zero attached hydrogens (tertiary/aromatic N) is 1. The molecule has 0 spiro atoms. The molecule has 2 nitrogen and oxygen atoms in total. The molecular formula is C15H20BrNO. The maximum Gasteiger partial charge on any atom is 0.0682 e. The second-order valence-electron chi connectivity index (χ2n) is 5.54. The van der Waals surface area contributed by atoms with Crippen LogP contribution in [0.25, 0.3) is 0 Å². The highest BCUT2D eigenvalue weighted by Gasteiger charge is 2.35. The van der Waals surface area contributed by atoms with Gasteiger partial charge in [-0.3, -0.25) is 0 Å². The van der Waals surface area contributed by atoms with E-state index in [1.165, 1.54) is 44.3 Å². The topological polar surface area (TPSA) is 23.5 Å². The molecule has 18 heavy (non-hydrogen) atoms. The fourth-order valence-electron chi connectivity index (χ4n) is 3.63. The molecule has 1 saturated heterocycles. The molecule has 1 aliphatic heterocycles. The van der Waals surface area contributed by atoms with Gasteiger partial charge in [-0.15, -0.1) is 0 Å². The van der Waals surface area contributed by atoms with Gasteiger partial charge in [0, 0.05) is 17.1 Å². The monoisotopic (exact) mass is 309 g/mol. The predicted molar refractivity (Wildman–Crippen MR) is 77.8 cm³/mol. The van der Waals surface area contributed by atoms with Crippen LogP contribution in [0, 0.1) is 5.92 Å². The Morgan fingerprint density at radius 1 is 1.22 bits per heavy atom. The molecule has 1 heterocycles. The molecule has 2 atom stereocenters. The number of hydrogen-bond donors (Lipinski definition) is 1. The van der Waals surface area contributed by atoms with Gasteiger partial charge in [0.1, 0.15) is 0 Å². The van der Waals surface area contributed by atoms with Crippen molar-refractivity contribution >= 4 is 21.6 Å². The van der Waals surface area contributed by atoms with E-state index >= 15 is 0 Å². The van der Waals surface area contributed by atoms with Gasteiger partial charge in [-0.05, 0) is 65.2 Å². The van der Waals surface area contributed by atoms with E-state index in [0.717, 1.165) is 22.0 Å². The molecular weight excluding hydrogens is 290 g/mol. The van der Waals surface area contributed by atoms with E-state index in [0.29, 0.717) is 0 Å². The van der Waals surface area contributed by atoms with Crippen molar-refractivity contribution in [2.75, 3.05) is 11.4 Å². The Morgan fingerprint density at radius 2 is 2.06 bits per heavy atom. The second-order valence-corrected chi connectivity index (χ2v) is 6.39.